The molecule has 5 aliphatic rings. The highest BCUT2D eigenvalue weighted by Gasteiger charge is 2.84. The van der Waals surface area contributed by atoms with E-state index in [0.717, 1.165) is 23.7 Å². The van der Waals surface area contributed by atoms with E-state index in [-0.39, 0.29) is 5.41 Å². The van der Waals surface area contributed by atoms with Crippen LogP contribution in [0.25, 0.3) is 42.1 Å². The van der Waals surface area contributed by atoms with Crippen LogP contribution in [-0.2, 0) is 5.41 Å². The van der Waals surface area contributed by atoms with Crippen LogP contribution in [0.4, 0.5) is 17.1 Å². The van der Waals surface area contributed by atoms with Crippen molar-refractivity contribution in [3.05, 3.63) is 139 Å². The summed E-state index contributed by atoms with van der Waals surface area (Å²) >= 11 is 1.90. The zero-order valence-corrected chi connectivity index (χ0v) is 26.4. The average Bonchev–Trinajstić information content (AvgIpc) is 3.82. The third-order valence-electron chi connectivity index (χ3n) is 13.5. The van der Waals surface area contributed by atoms with Crippen LogP contribution >= 0.6 is 11.3 Å². The molecule has 0 N–H and O–H groups in total. The number of benzene rings is 6. The van der Waals surface area contributed by atoms with E-state index in [1.807, 2.05) is 11.3 Å². The van der Waals surface area contributed by atoms with E-state index >= 15 is 0 Å². The molecule has 0 aliphatic heterocycles. The molecule has 7 aromatic rings. The van der Waals surface area contributed by atoms with E-state index in [1.165, 1.54) is 84.8 Å². The number of hydrogen-bond acceptors (Lipinski definition) is 2. The summed E-state index contributed by atoms with van der Waals surface area (Å²) in [6.07, 6.45) is 5.92. The Morgan fingerprint density at radius 2 is 1.30 bits per heavy atom. The molecule has 1 heterocycles. The van der Waals surface area contributed by atoms with Crippen LogP contribution in [0.1, 0.15) is 36.8 Å². The third kappa shape index (κ3) is 2.71. The summed E-state index contributed by atoms with van der Waals surface area (Å²) in [5.74, 6) is 3.65. The zero-order valence-electron chi connectivity index (χ0n) is 25.6. The molecule has 4 fully saturated rings. The monoisotopic (exact) mass is 607 g/mol. The number of nitrogens with zero attached hydrogens (tertiary/aromatic N) is 1. The summed E-state index contributed by atoms with van der Waals surface area (Å²) in [5, 5.41) is 5.24. The summed E-state index contributed by atoms with van der Waals surface area (Å²) in [5.41, 5.74) is 10.8. The number of thiophene rings is 1. The summed E-state index contributed by atoms with van der Waals surface area (Å²) in [6, 6.07) is 48.6. The maximum absolute atomic E-state index is 2.56. The second kappa shape index (κ2) is 8.30. The minimum Gasteiger partial charge on any atom is -0.310 e. The Hall–Kier alpha value is -4.40. The van der Waals surface area contributed by atoms with Crippen molar-refractivity contribution in [1.29, 1.82) is 0 Å². The predicted molar refractivity (Wildman–Crippen MR) is 193 cm³/mol. The fourth-order valence-corrected chi connectivity index (χ4v) is 13.3. The van der Waals surface area contributed by atoms with Crippen LogP contribution in [-0.4, -0.2) is 0 Å². The van der Waals surface area contributed by atoms with Crippen LogP contribution in [0.5, 0.6) is 0 Å². The van der Waals surface area contributed by atoms with Crippen molar-refractivity contribution < 1.29 is 0 Å². The summed E-state index contributed by atoms with van der Waals surface area (Å²) in [6.45, 7) is 0. The van der Waals surface area contributed by atoms with Gasteiger partial charge >= 0.3 is 0 Å². The second-order valence-electron chi connectivity index (χ2n) is 14.9. The first-order valence-electron chi connectivity index (χ1n) is 17.2. The molecule has 5 aliphatic carbocycles. The van der Waals surface area contributed by atoms with Gasteiger partial charge in [0, 0.05) is 42.3 Å². The van der Waals surface area contributed by atoms with Crippen LogP contribution in [0.3, 0.4) is 0 Å². The lowest BCUT2D eigenvalue weighted by atomic mass is 9.27. The van der Waals surface area contributed by atoms with Crippen molar-refractivity contribution in [2.45, 2.75) is 31.1 Å². The molecular formula is C44H33NS. The van der Waals surface area contributed by atoms with E-state index in [4.69, 9.17) is 0 Å². The molecule has 220 valence electrons. The molecule has 0 radical (unpaired) electrons. The highest BCUT2D eigenvalue weighted by atomic mass is 32.1. The first kappa shape index (κ1) is 24.8. The first-order chi connectivity index (χ1) is 22.7. The van der Waals surface area contributed by atoms with E-state index in [0.29, 0.717) is 5.41 Å². The second-order valence-corrected chi connectivity index (χ2v) is 16.0. The van der Waals surface area contributed by atoms with Crippen LogP contribution in [0, 0.1) is 29.1 Å². The average molecular weight is 608 g/mol. The maximum Gasteiger partial charge on any atom is 0.0540 e. The fourth-order valence-electron chi connectivity index (χ4n) is 12.1. The Morgan fingerprint density at radius 3 is 2.26 bits per heavy atom. The van der Waals surface area contributed by atoms with Crippen LogP contribution in [0.2, 0.25) is 0 Å². The van der Waals surface area contributed by atoms with Gasteiger partial charge in [0.2, 0.25) is 0 Å². The van der Waals surface area contributed by atoms with E-state index < -0.39 is 0 Å². The van der Waals surface area contributed by atoms with Crippen molar-refractivity contribution >= 4 is 59.3 Å². The van der Waals surface area contributed by atoms with Crippen LogP contribution in [0.15, 0.2) is 127 Å². The highest BCUT2D eigenvalue weighted by Crippen LogP contribution is 2.89. The molecule has 46 heavy (non-hydrogen) atoms. The Kier molecular flexibility index (Phi) is 4.47. The van der Waals surface area contributed by atoms with E-state index in [9.17, 15) is 0 Å². The number of rotatable bonds is 3. The van der Waals surface area contributed by atoms with Gasteiger partial charge in [-0.1, -0.05) is 91.0 Å². The first-order valence-corrected chi connectivity index (χ1v) is 18.0. The fraction of sp³-hybridized carbons (Fsp3) is 0.227. The smallest absolute Gasteiger partial charge is 0.0540 e. The standard InChI is InChI=1S/C44H33NS/c1-2-10-31-27(8-1)9-7-14-38(31)45(30-16-18-34-33-12-4-6-15-39(33)46-40(34)24-30)29-17-19-37-35(23-29)32-11-3-5-13-36(32)44(37)41-21-26-20-28-22-42(44)43(28,41)25-26/h1-19,23-24,26,28,41-42H,20-22,25H2. The minimum absolute atomic E-state index is 0.233. The van der Waals surface area contributed by atoms with Gasteiger partial charge in [-0.05, 0) is 119 Å². The summed E-state index contributed by atoms with van der Waals surface area (Å²) in [4.78, 5) is 2.53. The van der Waals surface area contributed by atoms with Crippen molar-refractivity contribution in [2.24, 2.45) is 29.1 Å². The van der Waals surface area contributed by atoms with Gasteiger partial charge in [-0.2, -0.15) is 0 Å². The quantitative estimate of drug-likeness (QED) is 0.193. The van der Waals surface area contributed by atoms with Crippen LogP contribution < -0.4 is 4.90 Å². The largest absolute Gasteiger partial charge is 0.310 e. The third-order valence-corrected chi connectivity index (χ3v) is 14.6. The Labute approximate surface area is 273 Å². The summed E-state index contributed by atoms with van der Waals surface area (Å²) in [7, 11) is 0. The van der Waals surface area contributed by atoms with Gasteiger partial charge in [0.1, 0.15) is 0 Å². The molecule has 2 bridgehead atoms. The molecule has 6 unspecified atom stereocenters. The van der Waals surface area contributed by atoms with Crippen molar-refractivity contribution in [3.63, 3.8) is 0 Å². The Balaban J connectivity index is 1.09. The normalized spacial score (nSPS) is 29.1. The Morgan fingerprint density at radius 1 is 0.565 bits per heavy atom. The molecule has 1 nitrogen and oxygen atoms in total. The van der Waals surface area contributed by atoms with Crippen molar-refractivity contribution in [2.75, 3.05) is 4.90 Å². The summed E-state index contributed by atoms with van der Waals surface area (Å²) < 4.78 is 2.69. The van der Waals surface area contributed by atoms with Gasteiger partial charge < -0.3 is 4.90 Å². The maximum atomic E-state index is 2.56. The van der Waals surface area contributed by atoms with Crippen molar-refractivity contribution in [3.8, 4) is 11.1 Å². The lowest BCUT2D eigenvalue weighted by Gasteiger charge is -2.76. The highest BCUT2D eigenvalue weighted by molar-refractivity contribution is 7.25. The Bertz CT molecular complexity index is 2450. The topological polar surface area (TPSA) is 3.24 Å². The predicted octanol–water partition coefficient (Wildman–Crippen LogP) is 12.0. The lowest BCUT2D eigenvalue weighted by molar-refractivity contribution is -0.231. The molecular weight excluding hydrogens is 575 g/mol. The molecule has 4 saturated carbocycles. The number of anilines is 3. The molecule has 6 aromatic carbocycles. The molecule has 12 rings (SSSR count). The van der Waals surface area contributed by atoms with Gasteiger partial charge in [0.25, 0.3) is 0 Å². The van der Waals surface area contributed by atoms with Gasteiger partial charge in [-0.3, -0.25) is 0 Å². The molecule has 6 atom stereocenters. The van der Waals surface area contributed by atoms with Gasteiger partial charge in [-0.25, -0.2) is 0 Å². The van der Waals surface area contributed by atoms with E-state index in [2.05, 4.69) is 132 Å². The molecule has 2 spiro atoms. The van der Waals surface area contributed by atoms with E-state index in [1.54, 1.807) is 11.1 Å². The van der Waals surface area contributed by atoms with Crippen molar-refractivity contribution in [1.82, 2.24) is 0 Å². The number of fused-ring (bicyclic) bond motifs is 12. The van der Waals surface area contributed by atoms with Gasteiger partial charge in [-0.15, -0.1) is 11.3 Å². The molecule has 2 heteroatoms. The zero-order chi connectivity index (χ0) is 29.8. The molecule has 1 aromatic heterocycles. The SMILES string of the molecule is c1ccc2c(c1)-c1cc(N(c3ccc4c(c3)sc3ccccc34)c3cccc4ccccc34)ccc1C21C2CC3CC4CC1C42C3. The van der Waals surface area contributed by atoms with Gasteiger partial charge in [0.15, 0.2) is 0 Å². The minimum atomic E-state index is 0.233. The number of hydrogen-bond donors (Lipinski definition) is 0. The molecule has 0 saturated heterocycles. The lowest BCUT2D eigenvalue weighted by Crippen LogP contribution is -2.73. The van der Waals surface area contributed by atoms with Gasteiger partial charge in [0.05, 0.1) is 5.69 Å². The molecule has 0 amide bonds.